The zero-order chi connectivity index (χ0) is 16.8. The quantitative estimate of drug-likeness (QED) is 0.814. The van der Waals surface area contributed by atoms with Gasteiger partial charge < -0.3 is 14.4 Å². The van der Waals surface area contributed by atoms with Crippen LogP contribution in [0.15, 0.2) is 30.3 Å². The van der Waals surface area contributed by atoms with Crippen LogP contribution in [0.3, 0.4) is 0 Å². The Labute approximate surface area is 141 Å². The number of nitrogens with one attached hydrogen (secondary N) is 1. The van der Waals surface area contributed by atoms with Crippen LogP contribution in [0.5, 0.6) is 0 Å². The van der Waals surface area contributed by atoms with Gasteiger partial charge in [-0.05, 0) is 12.5 Å². The van der Waals surface area contributed by atoms with Gasteiger partial charge in [-0.2, -0.15) is 5.10 Å². The summed E-state index contributed by atoms with van der Waals surface area (Å²) in [7, 11) is 0. The van der Waals surface area contributed by atoms with Gasteiger partial charge in [0.15, 0.2) is 5.82 Å². The van der Waals surface area contributed by atoms with Gasteiger partial charge in [-0.3, -0.25) is 9.89 Å². The van der Waals surface area contributed by atoms with Crippen LogP contribution < -0.4 is 0 Å². The van der Waals surface area contributed by atoms with E-state index >= 15 is 0 Å². The molecule has 2 heterocycles. The normalized spacial score (nSPS) is 17.9. The van der Waals surface area contributed by atoms with E-state index in [4.69, 9.17) is 9.47 Å². The van der Waals surface area contributed by atoms with E-state index in [1.54, 1.807) is 4.90 Å². The summed E-state index contributed by atoms with van der Waals surface area (Å²) in [6, 6.07) is 9.93. The molecular formula is C17H22N4O3. The summed E-state index contributed by atoms with van der Waals surface area (Å²) in [6.07, 6.45) is 0.102. The maximum atomic E-state index is 12.3. The summed E-state index contributed by atoms with van der Waals surface area (Å²) in [5.41, 5.74) is 1.11. The Balaban J connectivity index is 1.43. The standard InChI is InChI=1S/C17H22N4O3/c1-13-18-17(20-19-13)15-11-21(8-10-24-15)16(22)7-9-23-12-14-5-3-2-4-6-14/h2-6,15H,7-12H2,1H3,(H,18,19,20)/t15-/m0/s1. The molecule has 1 aliphatic heterocycles. The minimum absolute atomic E-state index is 0.0728. The zero-order valence-corrected chi connectivity index (χ0v) is 13.8. The van der Waals surface area contributed by atoms with Gasteiger partial charge in [-0.1, -0.05) is 30.3 Å². The van der Waals surface area contributed by atoms with Crippen molar-refractivity contribution in [1.82, 2.24) is 20.1 Å². The number of carbonyl (C=O) groups is 1. The number of H-pyrrole nitrogens is 1. The van der Waals surface area contributed by atoms with Gasteiger partial charge >= 0.3 is 0 Å². The van der Waals surface area contributed by atoms with Crippen molar-refractivity contribution < 1.29 is 14.3 Å². The summed E-state index contributed by atoms with van der Waals surface area (Å²) in [6.45, 7) is 4.35. The number of benzene rings is 1. The molecule has 0 aliphatic carbocycles. The summed E-state index contributed by atoms with van der Waals surface area (Å²) in [4.78, 5) is 18.4. The highest BCUT2D eigenvalue weighted by Crippen LogP contribution is 2.19. The second-order valence-corrected chi connectivity index (χ2v) is 5.77. The lowest BCUT2D eigenvalue weighted by molar-refractivity contribution is -0.140. The molecule has 0 spiro atoms. The molecule has 7 heteroatoms. The van der Waals surface area contributed by atoms with Crippen LogP contribution in [0.1, 0.15) is 29.7 Å². The number of rotatable bonds is 6. The summed E-state index contributed by atoms with van der Waals surface area (Å²) >= 11 is 0. The van der Waals surface area contributed by atoms with Crippen molar-refractivity contribution in [2.75, 3.05) is 26.3 Å². The van der Waals surface area contributed by atoms with Crippen molar-refractivity contribution in [1.29, 1.82) is 0 Å². The molecule has 24 heavy (non-hydrogen) atoms. The first-order valence-electron chi connectivity index (χ1n) is 8.12. The molecule has 0 radical (unpaired) electrons. The van der Waals surface area contributed by atoms with E-state index in [2.05, 4.69) is 15.2 Å². The Morgan fingerprint density at radius 1 is 1.42 bits per heavy atom. The Bertz CT molecular complexity index is 659. The van der Waals surface area contributed by atoms with Gasteiger partial charge in [0, 0.05) is 6.54 Å². The fraction of sp³-hybridized carbons (Fsp3) is 0.471. The maximum Gasteiger partial charge on any atom is 0.225 e. The summed E-state index contributed by atoms with van der Waals surface area (Å²) in [5.74, 6) is 1.42. The smallest absolute Gasteiger partial charge is 0.225 e. The molecule has 2 aromatic rings. The van der Waals surface area contributed by atoms with Gasteiger partial charge in [-0.25, -0.2) is 4.98 Å². The number of aromatic nitrogens is 3. The number of aromatic amines is 1. The van der Waals surface area contributed by atoms with E-state index in [-0.39, 0.29) is 12.0 Å². The van der Waals surface area contributed by atoms with Gasteiger partial charge in [0.1, 0.15) is 11.9 Å². The predicted molar refractivity (Wildman–Crippen MR) is 87.1 cm³/mol. The molecule has 1 saturated heterocycles. The van der Waals surface area contributed by atoms with Gasteiger partial charge in [-0.15, -0.1) is 0 Å². The Kier molecular flexibility index (Phi) is 5.55. The molecule has 7 nitrogen and oxygen atoms in total. The van der Waals surface area contributed by atoms with Crippen LogP contribution in [0, 0.1) is 6.92 Å². The molecular weight excluding hydrogens is 308 g/mol. The van der Waals surface area contributed by atoms with Crippen molar-refractivity contribution in [2.45, 2.75) is 26.1 Å². The average molecular weight is 330 g/mol. The molecule has 1 aliphatic rings. The molecule has 3 rings (SSSR count). The highest BCUT2D eigenvalue weighted by molar-refractivity contribution is 5.76. The van der Waals surface area contributed by atoms with Gasteiger partial charge in [0.05, 0.1) is 32.8 Å². The van der Waals surface area contributed by atoms with Crippen LogP contribution in [-0.2, 0) is 20.9 Å². The third kappa shape index (κ3) is 4.39. The topological polar surface area (TPSA) is 80.3 Å². The number of carbonyl (C=O) groups excluding carboxylic acids is 1. The fourth-order valence-electron chi connectivity index (χ4n) is 2.62. The van der Waals surface area contributed by atoms with Crippen LogP contribution in [0.2, 0.25) is 0 Å². The Morgan fingerprint density at radius 2 is 2.25 bits per heavy atom. The first-order valence-corrected chi connectivity index (χ1v) is 8.12. The number of nitrogens with zero attached hydrogens (tertiary/aromatic N) is 3. The van der Waals surface area contributed by atoms with E-state index in [0.717, 1.165) is 11.4 Å². The Hall–Kier alpha value is -2.25. The molecule has 0 bridgehead atoms. The summed E-state index contributed by atoms with van der Waals surface area (Å²) < 4.78 is 11.3. The third-order valence-corrected chi connectivity index (χ3v) is 3.89. The highest BCUT2D eigenvalue weighted by Gasteiger charge is 2.27. The van der Waals surface area contributed by atoms with E-state index in [1.807, 2.05) is 37.3 Å². The highest BCUT2D eigenvalue weighted by atomic mass is 16.5. The predicted octanol–water partition coefficient (Wildman–Crippen LogP) is 1.62. The number of hydrogen-bond donors (Lipinski definition) is 1. The van der Waals surface area contributed by atoms with Crippen LogP contribution >= 0.6 is 0 Å². The van der Waals surface area contributed by atoms with E-state index in [0.29, 0.717) is 45.2 Å². The van der Waals surface area contributed by atoms with Crippen LogP contribution in [0.4, 0.5) is 0 Å². The van der Waals surface area contributed by atoms with Crippen molar-refractivity contribution in [3.63, 3.8) is 0 Å². The maximum absolute atomic E-state index is 12.3. The SMILES string of the molecule is Cc1nc([C@@H]2CN(C(=O)CCOCc3ccccc3)CCO2)n[nH]1. The number of morpholine rings is 1. The zero-order valence-electron chi connectivity index (χ0n) is 13.8. The monoisotopic (exact) mass is 330 g/mol. The number of ether oxygens (including phenoxy) is 2. The average Bonchev–Trinajstić information content (AvgIpc) is 3.06. The van der Waals surface area contributed by atoms with Crippen molar-refractivity contribution in [3.8, 4) is 0 Å². The molecule has 1 aromatic heterocycles. The van der Waals surface area contributed by atoms with Crippen LogP contribution in [-0.4, -0.2) is 52.3 Å². The minimum Gasteiger partial charge on any atom is -0.376 e. The first-order chi connectivity index (χ1) is 11.7. The van der Waals surface area contributed by atoms with Crippen molar-refractivity contribution >= 4 is 5.91 Å². The molecule has 1 aromatic carbocycles. The Morgan fingerprint density at radius 3 is 3.00 bits per heavy atom. The van der Waals surface area contributed by atoms with Crippen molar-refractivity contribution in [2.24, 2.45) is 0 Å². The van der Waals surface area contributed by atoms with Gasteiger partial charge in [0.25, 0.3) is 0 Å². The summed E-state index contributed by atoms with van der Waals surface area (Å²) in [5, 5.41) is 6.92. The lowest BCUT2D eigenvalue weighted by Gasteiger charge is -2.31. The lowest BCUT2D eigenvalue weighted by Crippen LogP contribution is -2.42. The van der Waals surface area contributed by atoms with Crippen molar-refractivity contribution in [3.05, 3.63) is 47.5 Å². The number of amides is 1. The molecule has 0 saturated carbocycles. The second kappa shape index (κ2) is 8.03. The number of aryl methyl sites for hydroxylation is 1. The molecule has 1 fully saturated rings. The molecule has 128 valence electrons. The first kappa shape index (κ1) is 16.6. The fourth-order valence-corrected chi connectivity index (χ4v) is 2.62. The van der Waals surface area contributed by atoms with E-state index < -0.39 is 0 Å². The largest absolute Gasteiger partial charge is 0.376 e. The third-order valence-electron chi connectivity index (χ3n) is 3.89. The number of hydrogen-bond acceptors (Lipinski definition) is 5. The molecule has 1 N–H and O–H groups in total. The van der Waals surface area contributed by atoms with E-state index in [1.165, 1.54) is 0 Å². The molecule has 0 unspecified atom stereocenters. The second-order valence-electron chi connectivity index (χ2n) is 5.77. The van der Waals surface area contributed by atoms with E-state index in [9.17, 15) is 4.79 Å². The van der Waals surface area contributed by atoms with Crippen LogP contribution in [0.25, 0.3) is 0 Å². The molecule has 1 amide bonds. The lowest BCUT2D eigenvalue weighted by atomic mass is 10.2. The minimum atomic E-state index is -0.266. The molecule has 1 atom stereocenters. The van der Waals surface area contributed by atoms with Gasteiger partial charge in [0.2, 0.25) is 5.91 Å².